The number of carbonyl (C=O) groups is 1. The molecule has 100 valence electrons. The number of ether oxygens (including phenoxy) is 1. The molecule has 0 atom stereocenters. The van der Waals surface area contributed by atoms with Crippen molar-refractivity contribution in [2.45, 2.75) is 17.7 Å². The average molecular weight is 269 g/mol. The second-order valence-corrected chi connectivity index (χ2v) is 4.61. The van der Waals surface area contributed by atoms with Gasteiger partial charge in [-0.05, 0) is 30.4 Å². The predicted molar refractivity (Wildman–Crippen MR) is 74.1 cm³/mol. The van der Waals surface area contributed by atoms with Crippen LogP contribution >= 0.6 is 11.8 Å². The zero-order valence-electron chi connectivity index (χ0n) is 10.7. The van der Waals surface area contributed by atoms with Gasteiger partial charge in [0, 0.05) is 23.5 Å². The quantitative estimate of drug-likeness (QED) is 0.585. The number of methoxy groups -OCH3 is 1. The van der Waals surface area contributed by atoms with Crippen molar-refractivity contribution in [1.82, 2.24) is 0 Å². The summed E-state index contributed by atoms with van der Waals surface area (Å²) in [4.78, 5) is 12.2. The number of anilines is 1. The van der Waals surface area contributed by atoms with Gasteiger partial charge in [0.25, 0.3) is 0 Å². The molecule has 0 spiro atoms. The Morgan fingerprint density at radius 1 is 1.50 bits per heavy atom. The van der Waals surface area contributed by atoms with E-state index in [1.54, 1.807) is 11.8 Å². The Morgan fingerprint density at radius 3 is 2.89 bits per heavy atom. The van der Waals surface area contributed by atoms with Crippen LogP contribution in [0.3, 0.4) is 0 Å². The molecule has 1 aromatic carbocycles. The minimum absolute atomic E-state index is 0.109. The smallest absolute Gasteiger partial charge is 0.305 e. The van der Waals surface area contributed by atoms with Gasteiger partial charge in [0.1, 0.15) is 0 Å². The summed E-state index contributed by atoms with van der Waals surface area (Å²) in [6.07, 6.45) is 3.08. The van der Waals surface area contributed by atoms with Crippen LogP contribution in [0, 0.1) is 0 Å². The van der Waals surface area contributed by atoms with Gasteiger partial charge in [-0.3, -0.25) is 4.79 Å². The Balaban J connectivity index is 2.68. The lowest BCUT2D eigenvalue weighted by molar-refractivity contribution is -0.140. The Hall–Kier alpha value is -1.20. The highest BCUT2D eigenvalue weighted by Gasteiger charge is 2.05. The number of aliphatic hydroxyl groups is 1. The second-order valence-electron chi connectivity index (χ2n) is 3.76. The predicted octanol–water partition coefficient (Wildman–Crippen LogP) is 1.92. The first kappa shape index (κ1) is 14.9. The van der Waals surface area contributed by atoms with E-state index >= 15 is 0 Å². The van der Waals surface area contributed by atoms with Gasteiger partial charge < -0.3 is 15.2 Å². The van der Waals surface area contributed by atoms with Crippen LogP contribution < -0.4 is 5.32 Å². The number of thioether (sulfide) groups is 1. The second kappa shape index (κ2) is 8.00. The van der Waals surface area contributed by atoms with Crippen molar-refractivity contribution in [3.8, 4) is 0 Å². The number of aryl methyl sites for hydroxylation is 1. The van der Waals surface area contributed by atoms with Crippen LogP contribution in [0.2, 0.25) is 0 Å². The van der Waals surface area contributed by atoms with Gasteiger partial charge in [0.15, 0.2) is 0 Å². The van der Waals surface area contributed by atoms with Crippen LogP contribution in [0.5, 0.6) is 0 Å². The molecule has 0 aliphatic carbocycles. The van der Waals surface area contributed by atoms with Crippen molar-refractivity contribution in [3.63, 3.8) is 0 Å². The summed E-state index contributed by atoms with van der Waals surface area (Å²) in [5.74, 6) is -0.191. The van der Waals surface area contributed by atoms with Crippen LogP contribution in [0.15, 0.2) is 23.1 Å². The molecule has 0 bridgehead atoms. The van der Waals surface area contributed by atoms with E-state index in [1.165, 1.54) is 7.11 Å². The number of hydrogen-bond donors (Lipinski definition) is 2. The van der Waals surface area contributed by atoms with Crippen molar-refractivity contribution in [3.05, 3.63) is 23.8 Å². The number of rotatable bonds is 7. The summed E-state index contributed by atoms with van der Waals surface area (Å²) >= 11 is 1.64. The van der Waals surface area contributed by atoms with Crippen LogP contribution in [0.4, 0.5) is 5.69 Å². The van der Waals surface area contributed by atoms with Crippen molar-refractivity contribution >= 4 is 23.4 Å². The van der Waals surface area contributed by atoms with Gasteiger partial charge in [0.05, 0.1) is 13.7 Å². The minimum Gasteiger partial charge on any atom is -0.469 e. The maximum atomic E-state index is 11.1. The number of hydrogen-bond acceptors (Lipinski definition) is 5. The van der Waals surface area contributed by atoms with Crippen molar-refractivity contribution in [1.29, 1.82) is 0 Å². The number of carbonyl (C=O) groups excluding carboxylic acids is 1. The van der Waals surface area contributed by atoms with E-state index in [0.29, 0.717) is 19.4 Å². The molecule has 1 rings (SSSR count). The first-order valence-corrected chi connectivity index (χ1v) is 7.02. The zero-order chi connectivity index (χ0) is 13.4. The molecule has 1 aromatic rings. The van der Waals surface area contributed by atoms with Crippen molar-refractivity contribution in [2.75, 3.05) is 31.8 Å². The van der Waals surface area contributed by atoms with E-state index in [1.807, 2.05) is 18.4 Å². The average Bonchev–Trinajstić information content (AvgIpc) is 2.42. The highest BCUT2D eigenvalue weighted by atomic mass is 32.2. The first-order chi connectivity index (χ1) is 8.71. The summed E-state index contributed by atoms with van der Waals surface area (Å²) < 4.78 is 4.62. The Bertz CT molecular complexity index is 396. The summed E-state index contributed by atoms with van der Waals surface area (Å²) in [7, 11) is 1.40. The largest absolute Gasteiger partial charge is 0.469 e. The fourth-order valence-electron chi connectivity index (χ4n) is 1.58. The summed E-state index contributed by atoms with van der Waals surface area (Å²) in [6.45, 7) is 0.646. The highest BCUT2D eigenvalue weighted by Crippen LogP contribution is 2.26. The SMILES string of the molecule is COC(=O)CCc1ccc(NCCO)c(SC)c1. The van der Waals surface area contributed by atoms with Gasteiger partial charge in [0.2, 0.25) is 0 Å². The molecule has 0 heterocycles. The van der Waals surface area contributed by atoms with Crippen molar-refractivity contribution < 1.29 is 14.6 Å². The Kier molecular flexibility index (Phi) is 6.60. The van der Waals surface area contributed by atoms with E-state index in [2.05, 4.69) is 16.1 Å². The fraction of sp³-hybridized carbons (Fsp3) is 0.462. The molecule has 0 saturated carbocycles. The molecular weight excluding hydrogens is 250 g/mol. The summed E-state index contributed by atoms with van der Waals surface area (Å²) in [5, 5.41) is 12.0. The standard InChI is InChI=1S/C13H19NO3S/c1-17-13(16)6-4-10-3-5-11(14-7-8-15)12(9-10)18-2/h3,5,9,14-15H,4,6-8H2,1-2H3. The first-order valence-electron chi connectivity index (χ1n) is 5.79. The van der Waals surface area contributed by atoms with Gasteiger partial charge in [-0.25, -0.2) is 0 Å². The monoisotopic (exact) mass is 269 g/mol. The number of aliphatic hydroxyl groups excluding tert-OH is 1. The number of nitrogens with one attached hydrogen (secondary N) is 1. The minimum atomic E-state index is -0.191. The molecule has 0 amide bonds. The molecular formula is C13H19NO3S. The van der Waals surface area contributed by atoms with E-state index < -0.39 is 0 Å². The summed E-state index contributed by atoms with van der Waals surface area (Å²) in [6, 6.07) is 6.03. The fourth-order valence-corrected chi connectivity index (χ4v) is 2.21. The highest BCUT2D eigenvalue weighted by molar-refractivity contribution is 7.98. The lowest BCUT2D eigenvalue weighted by Crippen LogP contribution is -2.07. The topological polar surface area (TPSA) is 58.6 Å². The molecule has 4 nitrogen and oxygen atoms in total. The maximum Gasteiger partial charge on any atom is 0.305 e. The molecule has 0 aromatic heterocycles. The normalized spacial score (nSPS) is 10.2. The molecule has 0 aliphatic rings. The Morgan fingerprint density at radius 2 is 2.28 bits per heavy atom. The summed E-state index contributed by atoms with van der Waals surface area (Å²) in [5.41, 5.74) is 2.12. The molecule has 0 saturated heterocycles. The molecule has 0 radical (unpaired) electrons. The Labute approximate surface area is 112 Å². The molecule has 0 fully saturated rings. The van der Waals surface area contributed by atoms with Gasteiger partial charge >= 0.3 is 5.97 Å². The maximum absolute atomic E-state index is 11.1. The van der Waals surface area contributed by atoms with E-state index in [-0.39, 0.29) is 12.6 Å². The van der Waals surface area contributed by atoms with Gasteiger partial charge in [-0.1, -0.05) is 6.07 Å². The van der Waals surface area contributed by atoms with E-state index in [0.717, 1.165) is 16.1 Å². The molecule has 0 aliphatic heterocycles. The number of benzene rings is 1. The molecule has 0 unspecified atom stereocenters. The van der Waals surface area contributed by atoms with Crippen LogP contribution in [0.25, 0.3) is 0 Å². The molecule has 5 heteroatoms. The third kappa shape index (κ3) is 4.58. The van der Waals surface area contributed by atoms with Crippen LogP contribution in [-0.2, 0) is 16.0 Å². The van der Waals surface area contributed by atoms with Crippen LogP contribution in [-0.4, -0.2) is 37.6 Å². The molecule has 2 N–H and O–H groups in total. The lowest BCUT2D eigenvalue weighted by Gasteiger charge is -2.11. The molecule has 18 heavy (non-hydrogen) atoms. The van der Waals surface area contributed by atoms with Gasteiger partial charge in [-0.2, -0.15) is 0 Å². The van der Waals surface area contributed by atoms with E-state index in [9.17, 15) is 4.79 Å². The van der Waals surface area contributed by atoms with Crippen molar-refractivity contribution in [2.24, 2.45) is 0 Å². The third-order valence-electron chi connectivity index (χ3n) is 2.54. The van der Waals surface area contributed by atoms with Crippen LogP contribution in [0.1, 0.15) is 12.0 Å². The third-order valence-corrected chi connectivity index (χ3v) is 3.32. The van der Waals surface area contributed by atoms with Gasteiger partial charge in [-0.15, -0.1) is 11.8 Å². The lowest BCUT2D eigenvalue weighted by atomic mass is 10.1. The zero-order valence-corrected chi connectivity index (χ0v) is 11.5. The number of esters is 1. The van der Waals surface area contributed by atoms with E-state index in [4.69, 9.17) is 5.11 Å².